The molecule has 2 bridgehead atoms. The molecule has 2 amide bonds. The molecule has 8 heteroatoms. The van der Waals surface area contributed by atoms with E-state index in [-0.39, 0.29) is 17.2 Å². The predicted octanol–water partition coefficient (Wildman–Crippen LogP) is 2.67. The number of fused-ring (bicyclic) bond motifs is 2. The van der Waals surface area contributed by atoms with Crippen LogP contribution >= 0.6 is 0 Å². The Balaban J connectivity index is 1.31. The zero-order valence-corrected chi connectivity index (χ0v) is 18.7. The zero-order chi connectivity index (χ0) is 21.5. The standard InChI is InChI=1S/C23H37N5O3/c29-21(8-7-19-5-1-2-6-19)27-14-10-23(11-15-27)9-3-4-13-28-17-20(25-26-28)18-31-16-12-24-22(23)30/h17,19H,1-16,18H2,(H,24,30). The third kappa shape index (κ3) is 5.84. The van der Waals surface area contributed by atoms with Crippen LogP contribution < -0.4 is 5.32 Å². The van der Waals surface area contributed by atoms with Gasteiger partial charge in [-0.05, 0) is 38.0 Å². The molecule has 8 nitrogen and oxygen atoms in total. The lowest BCUT2D eigenvalue weighted by Crippen LogP contribution is -2.50. The van der Waals surface area contributed by atoms with Crippen LogP contribution in [0.5, 0.6) is 0 Å². The largest absolute Gasteiger partial charge is 0.373 e. The number of nitrogens with one attached hydrogen (secondary N) is 1. The average molecular weight is 432 g/mol. The number of piperidine rings is 1. The van der Waals surface area contributed by atoms with Crippen LogP contribution in [0.4, 0.5) is 0 Å². The second-order valence-electron chi connectivity index (χ2n) is 9.59. The van der Waals surface area contributed by atoms with Crippen LogP contribution in [0.1, 0.15) is 76.3 Å². The van der Waals surface area contributed by atoms with Crippen molar-refractivity contribution in [3.8, 4) is 0 Å². The highest BCUT2D eigenvalue weighted by Gasteiger charge is 2.41. The normalized spacial score (nSPS) is 23.5. The SMILES string of the molecule is O=C(CCC1CCCC1)N1CCC2(CCCCn3cc(nn3)COCCNC2=O)CC1. The summed E-state index contributed by atoms with van der Waals surface area (Å²) >= 11 is 0. The number of hydrogen-bond acceptors (Lipinski definition) is 5. The van der Waals surface area contributed by atoms with Crippen molar-refractivity contribution in [1.82, 2.24) is 25.2 Å². The first-order valence-electron chi connectivity index (χ1n) is 12.2. The van der Waals surface area contributed by atoms with Gasteiger partial charge in [-0.15, -0.1) is 5.10 Å². The van der Waals surface area contributed by atoms with Crippen LogP contribution in [0.3, 0.4) is 0 Å². The zero-order valence-electron chi connectivity index (χ0n) is 18.7. The molecule has 0 atom stereocenters. The van der Waals surface area contributed by atoms with Crippen molar-refractivity contribution < 1.29 is 14.3 Å². The summed E-state index contributed by atoms with van der Waals surface area (Å²) < 4.78 is 7.50. The van der Waals surface area contributed by atoms with E-state index in [0.29, 0.717) is 39.3 Å². The number of aryl methyl sites for hydroxylation is 1. The van der Waals surface area contributed by atoms with Crippen LogP contribution in [-0.2, 0) is 27.5 Å². The number of aromatic nitrogens is 3. The van der Waals surface area contributed by atoms with Gasteiger partial charge in [0.05, 0.1) is 24.8 Å². The summed E-state index contributed by atoms with van der Waals surface area (Å²) in [5, 5.41) is 11.4. The smallest absolute Gasteiger partial charge is 0.226 e. The molecule has 1 saturated carbocycles. The predicted molar refractivity (Wildman–Crippen MR) is 116 cm³/mol. The van der Waals surface area contributed by atoms with Gasteiger partial charge >= 0.3 is 0 Å². The number of rotatable bonds is 3. The molecule has 3 aliphatic rings. The second kappa shape index (κ2) is 10.6. The van der Waals surface area contributed by atoms with E-state index in [9.17, 15) is 9.59 Å². The Labute approximate surface area is 185 Å². The number of carbonyl (C=O) groups excluding carboxylic acids is 2. The molecule has 1 saturated heterocycles. The quantitative estimate of drug-likeness (QED) is 0.795. The summed E-state index contributed by atoms with van der Waals surface area (Å²) in [7, 11) is 0. The Bertz CT molecular complexity index is 735. The van der Waals surface area contributed by atoms with Crippen molar-refractivity contribution in [1.29, 1.82) is 0 Å². The van der Waals surface area contributed by atoms with E-state index in [0.717, 1.165) is 56.7 Å². The van der Waals surface area contributed by atoms with Gasteiger partial charge in [0.15, 0.2) is 0 Å². The number of carbonyl (C=O) groups is 2. The Kier molecular flexibility index (Phi) is 7.58. The van der Waals surface area contributed by atoms with Crippen LogP contribution in [0.15, 0.2) is 6.20 Å². The van der Waals surface area contributed by atoms with Crippen molar-refractivity contribution in [2.45, 2.75) is 83.8 Å². The first-order chi connectivity index (χ1) is 15.1. The number of likely N-dealkylation sites (tertiary alicyclic amines) is 1. The Morgan fingerprint density at radius 2 is 1.94 bits per heavy atom. The summed E-state index contributed by atoms with van der Waals surface area (Å²) in [6.07, 6.45) is 13.1. The summed E-state index contributed by atoms with van der Waals surface area (Å²) in [5.74, 6) is 1.15. The number of amides is 2. The lowest BCUT2D eigenvalue weighted by molar-refractivity contribution is -0.141. The van der Waals surface area contributed by atoms with Crippen molar-refractivity contribution in [3.63, 3.8) is 0 Å². The van der Waals surface area contributed by atoms with Crippen molar-refractivity contribution in [2.75, 3.05) is 26.2 Å². The first kappa shape index (κ1) is 22.2. The van der Waals surface area contributed by atoms with Crippen molar-refractivity contribution in [2.24, 2.45) is 11.3 Å². The van der Waals surface area contributed by atoms with Crippen molar-refractivity contribution >= 4 is 11.8 Å². The molecule has 1 spiro atoms. The van der Waals surface area contributed by atoms with Crippen LogP contribution in [0.25, 0.3) is 0 Å². The van der Waals surface area contributed by atoms with Crippen LogP contribution in [0.2, 0.25) is 0 Å². The van der Waals surface area contributed by atoms with Gasteiger partial charge in [0.1, 0.15) is 5.69 Å². The molecule has 1 aliphatic carbocycles. The maximum atomic E-state index is 13.1. The monoisotopic (exact) mass is 431 g/mol. The molecule has 0 unspecified atom stereocenters. The lowest BCUT2D eigenvalue weighted by Gasteiger charge is -2.41. The number of nitrogens with zero attached hydrogens (tertiary/aromatic N) is 4. The summed E-state index contributed by atoms with van der Waals surface area (Å²) in [5.41, 5.74) is 0.449. The average Bonchev–Trinajstić information content (AvgIpc) is 3.47. The molecule has 1 aromatic rings. The molecule has 1 N–H and O–H groups in total. The van der Waals surface area contributed by atoms with E-state index in [1.165, 1.54) is 25.7 Å². The fraction of sp³-hybridized carbons (Fsp3) is 0.826. The molecule has 0 radical (unpaired) electrons. The first-order valence-corrected chi connectivity index (χ1v) is 12.2. The van der Waals surface area contributed by atoms with Gasteiger partial charge in [-0.25, -0.2) is 0 Å². The summed E-state index contributed by atoms with van der Waals surface area (Å²) in [6.45, 7) is 3.56. The van der Waals surface area contributed by atoms with Gasteiger partial charge in [0.25, 0.3) is 0 Å². The van der Waals surface area contributed by atoms with Gasteiger partial charge < -0.3 is 15.0 Å². The van der Waals surface area contributed by atoms with E-state index in [1.807, 2.05) is 15.8 Å². The van der Waals surface area contributed by atoms with Crippen molar-refractivity contribution in [3.05, 3.63) is 11.9 Å². The third-order valence-corrected chi connectivity index (χ3v) is 7.46. The highest BCUT2D eigenvalue weighted by molar-refractivity contribution is 5.83. The lowest BCUT2D eigenvalue weighted by atomic mass is 9.73. The van der Waals surface area contributed by atoms with E-state index in [2.05, 4.69) is 15.6 Å². The van der Waals surface area contributed by atoms with Crippen LogP contribution in [-0.4, -0.2) is 57.9 Å². The number of ether oxygens (including phenoxy) is 1. The van der Waals surface area contributed by atoms with E-state index < -0.39 is 0 Å². The minimum Gasteiger partial charge on any atom is -0.373 e. The Morgan fingerprint density at radius 1 is 1.13 bits per heavy atom. The molecule has 2 aliphatic heterocycles. The molecule has 1 aromatic heterocycles. The minimum atomic E-state index is -0.375. The second-order valence-corrected chi connectivity index (χ2v) is 9.59. The molecule has 0 aromatic carbocycles. The van der Waals surface area contributed by atoms with E-state index >= 15 is 0 Å². The Hall–Kier alpha value is -1.96. The maximum Gasteiger partial charge on any atom is 0.226 e. The fourth-order valence-corrected chi connectivity index (χ4v) is 5.41. The molecule has 31 heavy (non-hydrogen) atoms. The molecule has 172 valence electrons. The van der Waals surface area contributed by atoms with Crippen LogP contribution in [0, 0.1) is 11.3 Å². The molecule has 4 rings (SSSR count). The fourth-order valence-electron chi connectivity index (χ4n) is 5.41. The highest BCUT2D eigenvalue weighted by atomic mass is 16.5. The molecule has 2 fully saturated rings. The van der Waals surface area contributed by atoms with Gasteiger partial charge in [0.2, 0.25) is 11.8 Å². The molecular weight excluding hydrogens is 394 g/mol. The van der Waals surface area contributed by atoms with Gasteiger partial charge in [0, 0.05) is 32.6 Å². The van der Waals surface area contributed by atoms with Gasteiger partial charge in [-0.3, -0.25) is 14.3 Å². The summed E-state index contributed by atoms with van der Waals surface area (Å²) in [4.78, 5) is 27.9. The molecule has 3 heterocycles. The van der Waals surface area contributed by atoms with Gasteiger partial charge in [-0.1, -0.05) is 37.3 Å². The number of hydrogen-bond donors (Lipinski definition) is 1. The van der Waals surface area contributed by atoms with E-state index in [1.54, 1.807) is 0 Å². The molecular formula is C23H37N5O3. The topological polar surface area (TPSA) is 89.3 Å². The Morgan fingerprint density at radius 3 is 2.74 bits per heavy atom. The third-order valence-electron chi connectivity index (χ3n) is 7.46. The minimum absolute atomic E-state index is 0.128. The summed E-state index contributed by atoms with van der Waals surface area (Å²) in [6, 6.07) is 0. The maximum absolute atomic E-state index is 13.1. The van der Waals surface area contributed by atoms with E-state index in [4.69, 9.17) is 4.74 Å². The van der Waals surface area contributed by atoms with Gasteiger partial charge in [-0.2, -0.15) is 0 Å². The highest BCUT2D eigenvalue weighted by Crippen LogP contribution is 2.38.